The van der Waals surface area contributed by atoms with E-state index in [1.165, 1.54) is 12.5 Å². The van der Waals surface area contributed by atoms with E-state index >= 15 is 0 Å². The van der Waals surface area contributed by atoms with Crippen LogP contribution in [0.4, 0.5) is 0 Å². The van der Waals surface area contributed by atoms with Crippen LogP contribution in [-0.4, -0.2) is 37.4 Å². The van der Waals surface area contributed by atoms with Crippen molar-refractivity contribution in [3.8, 4) is 0 Å². The first kappa shape index (κ1) is 14.5. The van der Waals surface area contributed by atoms with Gasteiger partial charge in [0.15, 0.2) is 0 Å². The molecule has 0 aliphatic heterocycles. The van der Waals surface area contributed by atoms with Gasteiger partial charge in [0.05, 0.1) is 23.6 Å². The first-order valence-electron chi connectivity index (χ1n) is 6.28. The molecule has 0 saturated heterocycles. The molecule has 0 radical (unpaired) electrons. The highest BCUT2D eigenvalue weighted by Crippen LogP contribution is 2.25. The highest BCUT2D eigenvalue weighted by molar-refractivity contribution is 7.89. The van der Waals surface area contributed by atoms with Crippen LogP contribution < -0.4 is 4.72 Å². The van der Waals surface area contributed by atoms with E-state index in [1.54, 1.807) is 12.1 Å². The van der Waals surface area contributed by atoms with Crippen molar-refractivity contribution in [2.75, 3.05) is 13.2 Å². The lowest BCUT2D eigenvalue weighted by Gasteiger charge is -2.25. The Morgan fingerprint density at radius 1 is 1.21 bits per heavy atom. The van der Waals surface area contributed by atoms with Crippen molar-refractivity contribution in [1.82, 2.24) is 4.72 Å². The highest BCUT2D eigenvalue weighted by atomic mass is 32.2. The molecule has 1 aromatic carbocycles. The maximum atomic E-state index is 12.2. The van der Waals surface area contributed by atoms with Gasteiger partial charge < -0.3 is 10.2 Å². The fraction of sp³-hybridized carbons (Fsp3) is 0.538. The second kappa shape index (κ2) is 5.20. The predicted octanol–water partition coefficient (Wildman–Crippen LogP) is 0.197. The fourth-order valence-electron chi connectivity index (χ4n) is 2.21. The molecule has 0 spiro atoms. The lowest BCUT2D eigenvalue weighted by Crippen LogP contribution is -2.51. The number of fused-ring (bicyclic) bond motifs is 1. The van der Waals surface area contributed by atoms with Crippen LogP contribution >= 0.6 is 0 Å². The molecule has 0 saturated carbocycles. The maximum absolute atomic E-state index is 12.2. The van der Waals surface area contributed by atoms with Crippen LogP contribution in [0.25, 0.3) is 0 Å². The van der Waals surface area contributed by atoms with Gasteiger partial charge in [-0.15, -0.1) is 0 Å². The van der Waals surface area contributed by atoms with Crippen LogP contribution in [-0.2, 0) is 22.9 Å². The minimum Gasteiger partial charge on any atom is -0.394 e. The van der Waals surface area contributed by atoms with Crippen molar-refractivity contribution in [3.05, 3.63) is 29.3 Å². The number of nitrogens with one attached hydrogen (secondary N) is 1. The van der Waals surface area contributed by atoms with Crippen molar-refractivity contribution in [2.24, 2.45) is 0 Å². The summed E-state index contributed by atoms with van der Waals surface area (Å²) in [6.07, 6.45) is 2.95. The number of benzene rings is 1. The van der Waals surface area contributed by atoms with Crippen LogP contribution in [0.3, 0.4) is 0 Å². The van der Waals surface area contributed by atoms with E-state index in [0.29, 0.717) is 0 Å². The second-order valence-electron chi connectivity index (χ2n) is 5.27. The van der Waals surface area contributed by atoms with Crippen LogP contribution in [0.15, 0.2) is 23.1 Å². The molecule has 5 nitrogen and oxygen atoms in total. The zero-order valence-corrected chi connectivity index (χ0v) is 11.7. The number of rotatable bonds is 5. The largest absolute Gasteiger partial charge is 0.394 e. The van der Waals surface area contributed by atoms with Crippen molar-refractivity contribution in [1.29, 1.82) is 0 Å². The average molecular weight is 285 g/mol. The zero-order chi connectivity index (χ0) is 14.1. The highest BCUT2D eigenvalue weighted by Gasteiger charge is 2.30. The van der Waals surface area contributed by atoms with Gasteiger partial charge in [0.25, 0.3) is 0 Å². The molecule has 2 rings (SSSR count). The average Bonchev–Trinajstić information content (AvgIpc) is 2.85. The first-order chi connectivity index (χ1) is 8.90. The first-order valence-corrected chi connectivity index (χ1v) is 7.76. The Morgan fingerprint density at radius 3 is 2.47 bits per heavy atom. The number of aliphatic hydroxyl groups is 2. The van der Waals surface area contributed by atoms with Crippen molar-refractivity contribution < 1.29 is 18.6 Å². The van der Waals surface area contributed by atoms with Gasteiger partial charge in [-0.3, -0.25) is 0 Å². The van der Waals surface area contributed by atoms with Gasteiger partial charge in [0.2, 0.25) is 10.0 Å². The van der Waals surface area contributed by atoms with Gasteiger partial charge in [-0.05, 0) is 49.4 Å². The smallest absolute Gasteiger partial charge is 0.241 e. The number of hydrogen-bond donors (Lipinski definition) is 3. The van der Waals surface area contributed by atoms with Gasteiger partial charge in [-0.2, -0.15) is 0 Å². The summed E-state index contributed by atoms with van der Waals surface area (Å²) in [6, 6.07) is 5.09. The monoisotopic (exact) mass is 285 g/mol. The van der Waals surface area contributed by atoms with Gasteiger partial charge in [-0.25, -0.2) is 13.1 Å². The van der Waals surface area contributed by atoms with E-state index in [1.807, 2.05) is 6.07 Å². The third kappa shape index (κ3) is 2.97. The summed E-state index contributed by atoms with van der Waals surface area (Å²) in [5, 5.41) is 18.3. The molecule has 0 unspecified atom stereocenters. The van der Waals surface area contributed by atoms with Gasteiger partial charge in [0.1, 0.15) is 0 Å². The lowest BCUT2D eigenvalue weighted by atomic mass is 10.1. The van der Waals surface area contributed by atoms with Crippen LogP contribution in [0.5, 0.6) is 0 Å². The minimum absolute atomic E-state index is 0.182. The van der Waals surface area contributed by atoms with Crippen molar-refractivity contribution >= 4 is 10.0 Å². The summed E-state index contributed by atoms with van der Waals surface area (Å²) in [5.41, 5.74) is 1.02. The lowest BCUT2D eigenvalue weighted by molar-refractivity contribution is 0.122. The van der Waals surface area contributed by atoms with E-state index in [4.69, 9.17) is 10.2 Å². The summed E-state index contributed by atoms with van der Waals surface area (Å²) in [4.78, 5) is 0.182. The van der Waals surface area contributed by atoms with Gasteiger partial charge in [0, 0.05) is 0 Å². The third-order valence-corrected chi connectivity index (χ3v) is 5.10. The molecule has 3 N–H and O–H groups in total. The number of hydrogen-bond acceptors (Lipinski definition) is 4. The summed E-state index contributed by atoms with van der Waals surface area (Å²) < 4.78 is 26.8. The molecule has 1 aliphatic carbocycles. The molecule has 0 heterocycles. The predicted molar refractivity (Wildman–Crippen MR) is 71.4 cm³/mol. The summed E-state index contributed by atoms with van der Waals surface area (Å²) >= 11 is 0. The molecule has 0 bridgehead atoms. The Bertz CT molecular complexity index is 564. The van der Waals surface area contributed by atoms with Crippen LogP contribution in [0, 0.1) is 0 Å². The Morgan fingerprint density at radius 2 is 1.84 bits per heavy atom. The van der Waals surface area contributed by atoms with E-state index in [0.717, 1.165) is 24.8 Å². The Kier molecular flexibility index (Phi) is 3.96. The van der Waals surface area contributed by atoms with E-state index < -0.39 is 28.8 Å². The summed E-state index contributed by atoms with van der Waals surface area (Å²) in [5.74, 6) is 0. The quantitative estimate of drug-likeness (QED) is 0.721. The molecular weight excluding hydrogens is 266 g/mol. The topological polar surface area (TPSA) is 86.6 Å². The number of aliphatic hydroxyl groups excluding tert-OH is 2. The molecule has 19 heavy (non-hydrogen) atoms. The molecule has 6 heteroatoms. The third-order valence-electron chi connectivity index (χ3n) is 3.46. The molecule has 1 aromatic rings. The Labute approximate surface area is 113 Å². The van der Waals surface area contributed by atoms with Crippen LogP contribution in [0.2, 0.25) is 0 Å². The zero-order valence-electron chi connectivity index (χ0n) is 10.9. The van der Waals surface area contributed by atoms with Crippen LogP contribution in [0.1, 0.15) is 24.5 Å². The Balaban J connectivity index is 2.30. The minimum atomic E-state index is -3.73. The molecule has 1 aliphatic rings. The summed E-state index contributed by atoms with van der Waals surface area (Å²) in [7, 11) is -3.73. The second-order valence-corrected chi connectivity index (χ2v) is 6.95. The molecular formula is C13H19NO4S. The van der Waals surface area contributed by atoms with E-state index in [9.17, 15) is 8.42 Å². The normalized spacial score (nSPS) is 15.5. The molecule has 0 amide bonds. The molecule has 0 aromatic heterocycles. The van der Waals surface area contributed by atoms with Gasteiger partial charge >= 0.3 is 0 Å². The molecule has 106 valence electrons. The standard InChI is InChI=1S/C13H19NO4S/c1-13(8-15,9-16)14-19(17,18)12-6-5-10-3-2-4-11(10)7-12/h5-7,14-16H,2-4,8-9H2,1H3. The van der Waals surface area contributed by atoms with E-state index in [-0.39, 0.29) is 4.90 Å². The van der Waals surface area contributed by atoms with Crippen molar-refractivity contribution in [3.63, 3.8) is 0 Å². The fourth-order valence-corrected chi connectivity index (χ4v) is 3.65. The van der Waals surface area contributed by atoms with Gasteiger partial charge in [-0.1, -0.05) is 6.07 Å². The maximum Gasteiger partial charge on any atom is 0.241 e. The molecule has 0 atom stereocenters. The SMILES string of the molecule is CC(CO)(CO)NS(=O)(=O)c1ccc2c(c1)CCC2. The van der Waals surface area contributed by atoms with Crippen molar-refractivity contribution in [2.45, 2.75) is 36.6 Å². The Hall–Kier alpha value is -0.950. The van der Waals surface area contributed by atoms with E-state index in [2.05, 4.69) is 4.72 Å². The summed E-state index contributed by atoms with van der Waals surface area (Å²) in [6.45, 7) is 0.527. The number of sulfonamides is 1. The number of aryl methyl sites for hydroxylation is 2. The molecule has 0 fully saturated rings.